The maximum absolute atomic E-state index is 12.3. The van der Waals surface area contributed by atoms with Crippen molar-refractivity contribution in [2.75, 3.05) is 6.61 Å². The molecule has 79 heavy (non-hydrogen) atoms. The normalized spacial score (nSPS) is 50.5. The van der Waals surface area contributed by atoms with Crippen LogP contribution in [0.4, 0.5) is 0 Å². The lowest BCUT2D eigenvalue weighted by molar-refractivity contribution is -0.369. The van der Waals surface area contributed by atoms with Gasteiger partial charge >= 0.3 is 20.8 Å². The molecule has 4 N–H and O–H groups in total. The lowest BCUT2D eigenvalue weighted by atomic mass is 9.73. The smallest absolute Gasteiger partial charge is 0.387 e. The molecule has 446 valence electrons. The Kier molecular flexibility index (Phi) is 16.1. The number of fused-ring (bicyclic) bond motifs is 10. The van der Waals surface area contributed by atoms with Crippen molar-refractivity contribution >= 4 is 20.8 Å². The summed E-state index contributed by atoms with van der Waals surface area (Å²) in [6.07, 6.45) is 2.61. The molecular formula is C56H84O21S2. The van der Waals surface area contributed by atoms with Gasteiger partial charge in [0.2, 0.25) is 0 Å². The number of ether oxygens (including phenoxy) is 11. The highest BCUT2D eigenvalue weighted by Gasteiger charge is 2.65. The second-order valence-electron chi connectivity index (χ2n) is 25.9. The number of hydrogen-bond acceptors (Lipinski definition) is 19. The highest BCUT2D eigenvalue weighted by molar-refractivity contribution is 7.81. The van der Waals surface area contributed by atoms with Gasteiger partial charge < -0.3 is 62.3 Å². The van der Waals surface area contributed by atoms with Crippen LogP contribution in [0.1, 0.15) is 138 Å². The molecule has 0 spiro atoms. The van der Waals surface area contributed by atoms with E-state index in [0.29, 0.717) is 69.8 Å². The Morgan fingerprint density at radius 3 is 1.92 bits per heavy atom. The number of hydrogen-bond donors (Lipinski definition) is 4. The Hall–Kier alpha value is -1.82. The number of aliphatic hydroxyl groups is 2. The van der Waals surface area contributed by atoms with Crippen LogP contribution in [0.2, 0.25) is 0 Å². The SMILES string of the molecule is C=CCC(=C)/C=C/[C@@](C)(O)C1OC2CC3OC4CC5OC6CC7OC8CC9OC%10CC%11O[C@](C)(CCCOS(=O)(=O)O)C(OS(=O)(=O)O)CC%11OC%10CC9OC8CC[C@@]7(C)O[C@@]6(C)CC[C@H](C)C5OC4C(O)[C@@]3(C)OC2CC1=C. The number of rotatable bonds is 12. The zero-order chi connectivity index (χ0) is 56.4. The predicted octanol–water partition coefficient (Wildman–Crippen LogP) is 5.45. The summed E-state index contributed by atoms with van der Waals surface area (Å²) >= 11 is 0. The van der Waals surface area contributed by atoms with Gasteiger partial charge in [-0.15, -0.1) is 6.58 Å². The van der Waals surface area contributed by atoms with Crippen LogP contribution in [0.5, 0.6) is 0 Å². The molecule has 11 fully saturated rings. The molecule has 0 amide bonds. The third kappa shape index (κ3) is 11.7. The van der Waals surface area contributed by atoms with Crippen molar-refractivity contribution in [2.45, 2.75) is 288 Å². The molecule has 0 aliphatic carbocycles. The van der Waals surface area contributed by atoms with E-state index in [4.69, 9.17) is 60.8 Å². The molecule has 26 atom stereocenters. The second-order valence-corrected chi connectivity index (χ2v) is 28.0. The molecule has 11 aliphatic rings. The fourth-order valence-corrected chi connectivity index (χ4v) is 16.4. The molecule has 0 bridgehead atoms. The van der Waals surface area contributed by atoms with Crippen LogP contribution in [-0.2, 0) is 81.3 Å². The van der Waals surface area contributed by atoms with Crippen molar-refractivity contribution in [2.24, 2.45) is 5.92 Å². The largest absolute Gasteiger partial charge is 0.397 e. The lowest BCUT2D eigenvalue weighted by Crippen LogP contribution is -2.74. The highest BCUT2D eigenvalue weighted by atomic mass is 32.3. The van der Waals surface area contributed by atoms with E-state index in [-0.39, 0.29) is 86.7 Å². The van der Waals surface area contributed by atoms with Gasteiger partial charge in [-0.1, -0.05) is 43.9 Å². The molecule has 0 radical (unpaired) electrons. The van der Waals surface area contributed by atoms with E-state index < -0.39 is 116 Å². The predicted molar refractivity (Wildman–Crippen MR) is 280 cm³/mol. The molecule has 11 heterocycles. The van der Waals surface area contributed by atoms with Gasteiger partial charge in [0, 0.05) is 44.9 Å². The van der Waals surface area contributed by atoms with Crippen molar-refractivity contribution in [1.82, 2.24) is 0 Å². The van der Waals surface area contributed by atoms with Gasteiger partial charge in [-0.05, 0) is 97.5 Å². The number of aliphatic hydroxyl groups excluding tert-OH is 1. The maximum Gasteiger partial charge on any atom is 0.397 e. The van der Waals surface area contributed by atoms with Gasteiger partial charge in [0.1, 0.15) is 35.6 Å². The first-order chi connectivity index (χ1) is 37.0. The van der Waals surface area contributed by atoms with Gasteiger partial charge in [0.25, 0.3) is 0 Å². The Labute approximate surface area is 465 Å². The average Bonchev–Trinajstić information content (AvgIpc) is 3.76. The summed E-state index contributed by atoms with van der Waals surface area (Å²) in [4.78, 5) is 0. The zero-order valence-electron chi connectivity index (χ0n) is 46.3. The molecular weight excluding hydrogens is 1070 g/mol. The van der Waals surface area contributed by atoms with Gasteiger partial charge in [-0.25, -0.2) is 8.37 Å². The Morgan fingerprint density at radius 2 is 1.27 bits per heavy atom. The van der Waals surface area contributed by atoms with Gasteiger partial charge in [-0.3, -0.25) is 9.11 Å². The zero-order valence-corrected chi connectivity index (χ0v) is 48.0. The van der Waals surface area contributed by atoms with Crippen LogP contribution in [0.3, 0.4) is 0 Å². The molecule has 0 aromatic carbocycles. The fourth-order valence-electron chi connectivity index (χ4n) is 15.5. The quantitative estimate of drug-likeness (QED) is 0.0819. The van der Waals surface area contributed by atoms with Crippen LogP contribution >= 0.6 is 0 Å². The first-order valence-electron chi connectivity index (χ1n) is 28.7. The van der Waals surface area contributed by atoms with E-state index in [2.05, 4.69) is 44.7 Å². The Bertz CT molecular complexity index is 2560. The van der Waals surface area contributed by atoms with Gasteiger partial charge in [0.15, 0.2) is 0 Å². The summed E-state index contributed by atoms with van der Waals surface area (Å²) in [5, 5.41) is 24.0. The van der Waals surface area contributed by atoms with E-state index in [9.17, 15) is 31.6 Å². The van der Waals surface area contributed by atoms with E-state index in [1.54, 1.807) is 32.1 Å². The van der Waals surface area contributed by atoms with Gasteiger partial charge in [-0.2, -0.15) is 16.8 Å². The van der Waals surface area contributed by atoms with Gasteiger partial charge in [0.05, 0.1) is 121 Å². The van der Waals surface area contributed by atoms with Crippen molar-refractivity contribution in [3.63, 3.8) is 0 Å². The second kappa shape index (κ2) is 21.6. The minimum Gasteiger partial charge on any atom is -0.387 e. The van der Waals surface area contributed by atoms with E-state index in [0.717, 1.165) is 18.4 Å². The van der Waals surface area contributed by atoms with Crippen LogP contribution in [0, 0.1) is 5.92 Å². The third-order valence-corrected chi connectivity index (χ3v) is 20.8. The standard InChI is InChI=1S/C56H84O21S2/c1-10-12-29(2)13-17-52(5,58)51-31(4)21-40-39(72-51)27-47-56(9,75-40)50(57)49-43(71-47)25-42-48(73-49)30(3)14-18-54(7)45(70-42)28-44-55(8,77-54)19-15-32-33(69-44)22-35-34(66-32)23-36-37(67-35)24-41-38(68-36)26-46(76-79(62,63)64)53(6,74-41)16-11-20-65-78(59,60)61/h10,13,17,30,32-51,57-58H,1-2,4,11-12,14-16,18-28H2,3,5-9H3,(H,59,60,61)(H,62,63,64)/b17-13+/t30-,32?,33?,34?,35?,36?,37?,38?,39?,40?,41?,42?,43?,44?,45?,46?,47?,48?,49?,50?,51?,52+,53+,54-,55+,56-/m0/s1. The monoisotopic (exact) mass is 1160 g/mol. The van der Waals surface area contributed by atoms with E-state index >= 15 is 0 Å². The molecule has 11 rings (SSSR count). The van der Waals surface area contributed by atoms with Crippen molar-refractivity contribution < 1.29 is 96.6 Å². The fraction of sp³-hybridized carbons (Fsp3) is 0.857. The summed E-state index contributed by atoms with van der Waals surface area (Å²) in [5.74, 6) is 0.0693. The molecule has 0 aromatic heterocycles. The maximum atomic E-state index is 12.3. The topological polar surface area (TPSA) is 269 Å². The minimum absolute atomic E-state index is 0.0618. The summed E-state index contributed by atoms with van der Waals surface area (Å²) in [6.45, 7) is 23.5. The van der Waals surface area contributed by atoms with Crippen molar-refractivity contribution in [3.05, 3.63) is 49.1 Å². The minimum atomic E-state index is -4.91. The average molecular weight is 1160 g/mol. The molecule has 23 heteroatoms. The summed E-state index contributed by atoms with van der Waals surface area (Å²) in [6, 6.07) is 0. The van der Waals surface area contributed by atoms with E-state index in [1.807, 2.05) is 6.92 Å². The third-order valence-electron chi connectivity index (χ3n) is 19.8. The van der Waals surface area contributed by atoms with Crippen LogP contribution < -0.4 is 0 Å². The summed E-state index contributed by atoms with van der Waals surface area (Å²) in [7, 11) is -9.60. The first kappa shape index (κ1) is 58.9. The molecule has 0 aromatic rings. The molecule has 11 aliphatic heterocycles. The number of allylic oxidation sites excluding steroid dienone is 3. The van der Waals surface area contributed by atoms with Crippen LogP contribution in [0.15, 0.2) is 49.1 Å². The Balaban J connectivity index is 0.745. The van der Waals surface area contributed by atoms with Crippen molar-refractivity contribution in [1.29, 1.82) is 0 Å². The molecule has 0 saturated carbocycles. The molecule has 20 unspecified atom stereocenters. The molecule has 21 nitrogen and oxygen atoms in total. The van der Waals surface area contributed by atoms with E-state index in [1.165, 1.54) is 0 Å². The highest BCUT2D eigenvalue weighted by Crippen LogP contribution is 2.54. The lowest BCUT2D eigenvalue weighted by Gasteiger charge is -2.61. The molecule has 11 saturated heterocycles. The summed E-state index contributed by atoms with van der Waals surface area (Å²) in [5.41, 5.74) is -3.54. The van der Waals surface area contributed by atoms with Crippen LogP contribution in [-0.4, -0.2) is 193 Å². The summed E-state index contributed by atoms with van der Waals surface area (Å²) < 4.78 is 151. The first-order valence-corrected chi connectivity index (χ1v) is 31.4. The Morgan fingerprint density at radius 1 is 0.696 bits per heavy atom. The van der Waals surface area contributed by atoms with Crippen molar-refractivity contribution in [3.8, 4) is 0 Å². The van der Waals surface area contributed by atoms with Crippen LogP contribution in [0.25, 0.3) is 0 Å².